The van der Waals surface area contributed by atoms with Crippen LogP contribution in [0.1, 0.15) is 79.1 Å². The molecule has 6 nitrogen and oxygen atoms in total. The van der Waals surface area contributed by atoms with Gasteiger partial charge in [0.25, 0.3) is 0 Å². The van der Waals surface area contributed by atoms with Crippen molar-refractivity contribution < 1.29 is 18.7 Å². The fourth-order valence-electron chi connectivity index (χ4n) is 14.1. The van der Waals surface area contributed by atoms with Crippen LogP contribution < -0.4 is 41.6 Å². The molecule has 16 rings (SSSR count). The number of carbonyl (C=O) groups is 2. The molecule has 0 atom stereocenters. The lowest BCUT2D eigenvalue weighted by Gasteiger charge is -2.46. The predicted molar refractivity (Wildman–Crippen MR) is 352 cm³/mol. The Balaban J connectivity index is 0.000000149. The van der Waals surface area contributed by atoms with E-state index in [2.05, 4.69) is 206 Å². The van der Waals surface area contributed by atoms with Crippen molar-refractivity contribution in [2.24, 2.45) is 0 Å². The summed E-state index contributed by atoms with van der Waals surface area (Å²) in [5, 5.41) is 3.88. The minimum absolute atomic E-state index is 0.0663. The third-order valence-corrected chi connectivity index (χ3v) is 24.4. The third kappa shape index (κ3) is 7.73. The van der Waals surface area contributed by atoms with Gasteiger partial charge in [0, 0.05) is 70.9 Å². The highest BCUT2D eigenvalue weighted by atomic mass is 31.2. The summed E-state index contributed by atoms with van der Waals surface area (Å²) in [5.41, 5.74) is 15.2. The standard InChI is InChI=1S/C44H30NO2P.C34H26NO2P/c46-43-35-19-7-13-25-41(35)48(47,42-26-14-8-20-36(42)43)34-29-27-33(28-30-34)45-39-23-11-9-21-37(39)44(31-15-3-1-4-16-31,32-17-5-2-6-18-32)38-22-10-12-24-40(38)45;1-34(2)27-13-5-7-15-29(27)35(30-16-8-6-14-28(30)34)23-19-21-24(22-20-23)38(37)31-17-9-3-11-25(31)33(36)26-12-4-10-18-32(26)38/h1-30H;3-22H,1-2H3. The molecule has 412 valence electrons. The highest BCUT2D eigenvalue weighted by Crippen LogP contribution is 2.59. The molecule has 0 aliphatic carbocycles. The average Bonchev–Trinajstić information content (AvgIpc) is 0.812. The molecule has 0 radical (unpaired) electrons. The van der Waals surface area contributed by atoms with Gasteiger partial charge < -0.3 is 18.9 Å². The van der Waals surface area contributed by atoms with Crippen LogP contribution in [0.3, 0.4) is 0 Å². The Hall–Kier alpha value is -9.96. The molecule has 8 heteroatoms. The Labute approximate surface area is 501 Å². The predicted octanol–water partition coefficient (Wildman–Crippen LogP) is 16.0. The molecule has 0 bridgehead atoms. The maximum Gasteiger partial charge on any atom is 0.194 e. The van der Waals surface area contributed by atoms with Crippen LogP contribution in [-0.2, 0) is 20.0 Å². The fourth-order valence-corrected chi connectivity index (χ4v) is 20.1. The topological polar surface area (TPSA) is 74.8 Å². The van der Waals surface area contributed by atoms with E-state index in [1.54, 1.807) is 24.3 Å². The number of hydrogen-bond donors (Lipinski definition) is 0. The van der Waals surface area contributed by atoms with E-state index in [4.69, 9.17) is 0 Å². The number of nitrogens with zero attached hydrogens (tertiary/aromatic N) is 2. The second-order valence-electron chi connectivity index (χ2n) is 22.8. The fraction of sp³-hybridized carbons (Fsp3) is 0.0513. The van der Waals surface area contributed by atoms with Crippen molar-refractivity contribution in [1.82, 2.24) is 0 Å². The Bertz CT molecular complexity index is 4560. The van der Waals surface area contributed by atoms with Crippen molar-refractivity contribution >= 4 is 91.8 Å². The van der Waals surface area contributed by atoms with Crippen LogP contribution in [0.25, 0.3) is 0 Å². The first-order chi connectivity index (χ1) is 42.0. The van der Waals surface area contributed by atoms with Crippen LogP contribution >= 0.6 is 14.3 Å². The van der Waals surface area contributed by atoms with E-state index in [1.165, 1.54) is 33.4 Å². The van der Waals surface area contributed by atoms with Gasteiger partial charge in [-0.15, -0.1) is 0 Å². The van der Waals surface area contributed by atoms with Crippen molar-refractivity contribution in [3.05, 3.63) is 359 Å². The van der Waals surface area contributed by atoms with E-state index in [9.17, 15) is 9.59 Å². The molecule has 86 heavy (non-hydrogen) atoms. The number of anilines is 6. The monoisotopic (exact) mass is 1150 g/mol. The van der Waals surface area contributed by atoms with Crippen LogP contribution in [0.5, 0.6) is 0 Å². The van der Waals surface area contributed by atoms with Gasteiger partial charge in [-0.25, -0.2) is 0 Å². The van der Waals surface area contributed by atoms with Crippen molar-refractivity contribution in [3.63, 3.8) is 0 Å². The molecule has 4 aliphatic rings. The van der Waals surface area contributed by atoms with Crippen LogP contribution in [0.2, 0.25) is 0 Å². The molecule has 0 fully saturated rings. The summed E-state index contributed by atoms with van der Waals surface area (Å²) in [4.78, 5) is 31.3. The quantitative estimate of drug-likeness (QED) is 0.154. The number of para-hydroxylation sites is 4. The molecule has 12 aromatic carbocycles. The number of benzene rings is 12. The van der Waals surface area contributed by atoms with Crippen LogP contribution in [-0.4, -0.2) is 11.6 Å². The normalized spacial score (nSPS) is 15.6. The summed E-state index contributed by atoms with van der Waals surface area (Å²) in [6.07, 6.45) is 0. The van der Waals surface area contributed by atoms with Crippen molar-refractivity contribution in [2.45, 2.75) is 24.7 Å². The zero-order valence-electron chi connectivity index (χ0n) is 47.3. The maximum absolute atomic E-state index is 15.3. The summed E-state index contributed by atoms with van der Waals surface area (Å²) in [6.45, 7) is 4.55. The highest BCUT2D eigenvalue weighted by Gasteiger charge is 2.47. The molecule has 4 heterocycles. The number of rotatable bonds is 6. The Morgan fingerprint density at radius 1 is 0.279 bits per heavy atom. The number of carbonyl (C=O) groups excluding carboxylic acids is 2. The molecular weight excluding hydrogens is 1090 g/mol. The van der Waals surface area contributed by atoms with Gasteiger partial charge in [0.2, 0.25) is 0 Å². The molecule has 12 aromatic rings. The summed E-state index contributed by atoms with van der Waals surface area (Å²) < 4.78 is 30.4. The molecule has 0 saturated heterocycles. The van der Waals surface area contributed by atoms with E-state index in [1.807, 2.05) is 97.1 Å². The van der Waals surface area contributed by atoms with E-state index in [0.717, 1.165) is 39.4 Å². The van der Waals surface area contributed by atoms with Gasteiger partial charge in [0.1, 0.15) is 0 Å². The lowest BCUT2D eigenvalue weighted by atomic mass is 9.62. The summed E-state index contributed by atoms with van der Waals surface area (Å²) in [6, 6.07) is 102. The SMILES string of the molecule is CC1(C)c2ccccc2N(c2ccc(P3(=O)c4ccccc4C(=O)c4ccccc43)cc2)c2ccccc21.O=C1c2ccccc2P(=O)(c2ccc(N3c4ccccc4C(c4ccccc4)(c4ccccc4)c4ccccc43)cc2)c2ccccc21. The zero-order chi connectivity index (χ0) is 58.4. The Morgan fingerprint density at radius 3 is 0.860 bits per heavy atom. The molecule has 0 aromatic heterocycles. The van der Waals surface area contributed by atoms with Crippen molar-refractivity contribution in [1.29, 1.82) is 0 Å². The van der Waals surface area contributed by atoms with Gasteiger partial charge in [0.05, 0.1) is 28.2 Å². The molecule has 0 amide bonds. The number of fused-ring (bicyclic) bond motifs is 8. The summed E-state index contributed by atoms with van der Waals surface area (Å²) in [5.74, 6) is -0.144. The van der Waals surface area contributed by atoms with Gasteiger partial charge in [-0.2, -0.15) is 0 Å². The summed E-state index contributed by atoms with van der Waals surface area (Å²) >= 11 is 0. The number of hydrogen-bond acceptors (Lipinski definition) is 6. The van der Waals surface area contributed by atoms with Crippen molar-refractivity contribution in [3.8, 4) is 0 Å². The molecular formula is C78H56N2O4P2. The van der Waals surface area contributed by atoms with Gasteiger partial charge in [-0.1, -0.05) is 244 Å². The van der Waals surface area contributed by atoms with Crippen LogP contribution in [0.15, 0.2) is 303 Å². The Morgan fingerprint density at radius 2 is 0.535 bits per heavy atom. The van der Waals surface area contributed by atoms with Crippen LogP contribution in [0.4, 0.5) is 34.1 Å². The molecule has 0 spiro atoms. The molecule has 4 aliphatic heterocycles. The van der Waals surface area contributed by atoms with E-state index in [0.29, 0.717) is 48.8 Å². The Kier molecular flexibility index (Phi) is 12.5. The first-order valence-corrected chi connectivity index (χ1v) is 32.5. The van der Waals surface area contributed by atoms with E-state index in [-0.39, 0.29) is 17.0 Å². The molecule has 0 N–H and O–H groups in total. The van der Waals surface area contributed by atoms with Gasteiger partial charge in [-0.05, 0) is 106 Å². The number of ketones is 2. The van der Waals surface area contributed by atoms with Gasteiger partial charge >= 0.3 is 0 Å². The van der Waals surface area contributed by atoms with Crippen molar-refractivity contribution in [2.75, 3.05) is 9.80 Å². The lowest BCUT2D eigenvalue weighted by Crippen LogP contribution is -2.38. The maximum atomic E-state index is 15.3. The molecule has 0 saturated carbocycles. The third-order valence-electron chi connectivity index (χ3n) is 18.0. The van der Waals surface area contributed by atoms with Crippen LogP contribution in [0, 0.1) is 0 Å². The largest absolute Gasteiger partial charge is 0.310 e. The van der Waals surface area contributed by atoms with Gasteiger partial charge in [0.15, 0.2) is 25.9 Å². The van der Waals surface area contributed by atoms with Gasteiger partial charge in [-0.3, -0.25) is 9.59 Å². The van der Waals surface area contributed by atoms with E-state index >= 15 is 9.13 Å². The first kappa shape index (κ1) is 52.8. The minimum Gasteiger partial charge on any atom is -0.310 e. The first-order valence-electron chi connectivity index (χ1n) is 29.0. The second kappa shape index (κ2) is 20.4. The second-order valence-corrected chi connectivity index (χ2v) is 28.2. The average molecular weight is 1150 g/mol. The lowest BCUT2D eigenvalue weighted by molar-refractivity contribution is 0.103. The highest BCUT2D eigenvalue weighted by molar-refractivity contribution is 7.86. The zero-order valence-corrected chi connectivity index (χ0v) is 49.1. The van der Waals surface area contributed by atoms with E-state index < -0.39 is 19.7 Å². The smallest absolute Gasteiger partial charge is 0.194 e. The minimum atomic E-state index is -3.32. The molecule has 0 unspecified atom stereocenters. The summed E-state index contributed by atoms with van der Waals surface area (Å²) in [7, 11) is -6.55.